The molecule has 0 saturated carbocycles. The fraction of sp³-hybridized carbons (Fsp3) is 0.294. The number of nitrogens with one attached hydrogen (secondary N) is 2. The molecule has 26 heavy (non-hydrogen) atoms. The van der Waals surface area contributed by atoms with Crippen molar-refractivity contribution in [1.82, 2.24) is 15.2 Å². The second-order valence-electron chi connectivity index (χ2n) is 5.44. The third-order valence-electron chi connectivity index (χ3n) is 3.49. The molecule has 6 nitrogen and oxygen atoms in total. The van der Waals surface area contributed by atoms with E-state index in [1.165, 1.54) is 40.0 Å². The minimum atomic E-state index is -0.101. The van der Waals surface area contributed by atoms with Crippen LogP contribution >= 0.6 is 34.4 Å². The molecule has 1 aromatic carbocycles. The number of amides is 1. The molecule has 0 unspecified atom stereocenters. The summed E-state index contributed by atoms with van der Waals surface area (Å²) in [5, 5.41) is 17.0. The van der Waals surface area contributed by atoms with Crippen molar-refractivity contribution in [3.63, 3.8) is 0 Å². The quantitative estimate of drug-likeness (QED) is 0.541. The number of nitrogens with zero attached hydrogens (tertiary/aromatic N) is 3. The molecule has 2 N–H and O–H groups in total. The van der Waals surface area contributed by atoms with Gasteiger partial charge in [-0.15, -0.1) is 21.5 Å². The average molecular weight is 406 g/mol. The lowest BCUT2D eigenvalue weighted by molar-refractivity contribution is -0.113. The zero-order valence-corrected chi connectivity index (χ0v) is 16.9. The summed E-state index contributed by atoms with van der Waals surface area (Å²) in [5.41, 5.74) is 3.27. The lowest BCUT2D eigenvalue weighted by atomic mass is 10.1. The third kappa shape index (κ3) is 5.03. The first kappa shape index (κ1) is 18.8. The number of hydrogen-bond donors (Lipinski definition) is 2. The lowest BCUT2D eigenvalue weighted by Crippen LogP contribution is -2.13. The van der Waals surface area contributed by atoms with Gasteiger partial charge in [-0.1, -0.05) is 60.7 Å². The number of carbonyl (C=O) groups is 1. The Hall–Kier alpha value is -1.97. The molecule has 1 amide bonds. The van der Waals surface area contributed by atoms with Crippen LogP contribution in [0.1, 0.15) is 18.9 Å². The van der Waals surface area contributed by atoms with Crippen LogP contribution < -0.4 is 10.6 Å². The number of hydrogen-bond acceptors (Lipinski definition) is 8. The molecule has 0 aliphatic carbocycles. The van der Waals surface area contributed by atoms with Crippen LogP contribution in [0, 0.1) is 0 Å². The molecule has 0 bridgehead atoms. The molecule has 136 valence electrons. The monoisotopic (exact) mass is 405 g/mol. The number of thioether (sulfide) groups is 1. The largest absolute Gasteiger partial charge is 0.363 e. The van der Waals surface area contributed by atoms with Crippen LogP contribution in [0.25, 0.3) is 11.3 Å². The fourth-order valence-corrected chi connectivity index (χ4v) is 4.49. The smallest absolute Gasteiger partial charge is 0.236 e. The molecular formula is C17H19N5OS3. The van der Waals surface area contributed by atoms with Gasteiger partial charge in [-0.05, 0) is 12.0 Å². The minimum absolute atomic E-state index is 0.101. The van der Waals surface area contributed by atoms with E-state index in [0.717, 1.165) is 33.6 Å². The van der Waals surface area contributed by atoms with Gasteiger partial charge in [0.1, 0.15) is 0 Å². The standard InChI is InChI=1S/C17H19N5OS3/c1-3-4-11-5-7-12(8-6-11)13-9-24-16(19-13)20-14(23)10-25-17-22-21-15(18-2)26-17/h5-9H,3-4,10H2,1-2H3,(H,18,21)(H,19,20,23). The van der Waals surface area contributed by atoms with Crippen LogP contribution in [0.15, 0.2) is 34.0 Å². The van der Waals surface area contributed by atoms with E-state index in [1.807, 2.05) is 5.38 Å². The van der Waals surface area contributed by atoms with Crippen LogP contribution in [0.3, 0.4) is 0 Å². The van der Waals surface area contributed by atoms with Gasteiger partial charge < -0.3 is 10.6 Å². The van der Waals surface area contributed by atoms with Crippen molar-refractivity contribution < 1.29 is 4.79 Å². The van der Waals surface area contributed by atoms with Crippen LogP contribution in [0.2, 0.25) is 0 Å². The Morgan fingerprint density at radius 2 is 2.00 bits per heavy atom. The summed E-state index contributed by atoms with van der Waals surface area (Å²) in [6.45, 7) is 2.17. The van der Waals surface area contributed by atoms with Crippen LogP contribution in [0.4, 0.5) is 10.3 Å². The van der Waals surface area contributed by atoms with Crippen LogP contribution in [0.5, 0.6) is 0 Å². The van der Waals surface area contributed by atoms with E-state index in [0.29, 0.717) is 5.13 Å². The lowest BCUT2D eigenvalue weighted by Gasteiger charge is -2.01. The number of benzene rings is 1. The Morgan fingerprint density at radius 3 is 2.69 bits per heavy atom. The Balaban J connectivity index is 1.54. The van der Waals surface area contributed by atoms with Crippen molar-refractivity contribution in [1.29, 1.82) is 0 Å². The number of aryl methyl sites for hydroxylation is 1. The highest BCUT2D eigenvalue weighted by Gasteiger charge is 2.10. The van der Waals surface area contributed by atoms with E-state index >= 15 is 0 Å². The second kappa shape index (κ2) is 9.11. The van der Waals surface area contributed by atoms with Gasteiger partial charge in [0.25, 0.3) is 0 Å². The van der Waals surface area contributed by atoms with E-state index in [-0.39, 0.29) is 11.7 Å². The fourth-order valence-electron chi connectivity index (χ4n) is 2.25. The maximum absolute atomic E-state index is 12.1. The van der Waals surface area contributed by atoms with Gasteiger partial charge in [0.2, 0.25) is 11.0 Å². The SMILES string of the molecule is CCCc1ccc(-c2csc(NC(=O)CSc3nnc(NC)s3)n2)cc1. The molecule has 3 rings (SSSR count). The highest BCUT2D eigenvalue weighted by molar-refractivity contribution is 8.01. The zero-order chi connectivity index (χ0) is 18.4. The topological polar surface area (TPSA) is 79.8 Å². The molecule has 0 aliphatic heterocycles. The summed E-state index contributed by atoms with van der Waals surface area (Å²) in [4.78, 5) is 16.6. The molecule has 2 heterocycles. The molecule has 0 radical (unpaired) electrons. The number of carbonyl (C=O) groups excluding carboxylic acids is 1. The number of rotatable bonds is 8. The molecule has 0 aliphatic rings. The Kier molecular flexibility index (Phi) is 6.59. The van der Waals surface area contributed by atoms with Crippen molar-refractivity contribution in [3.05, 3.63) is 35.2 Å². The average Bonchev–Trinajstić information content (AvgIpc) is 3.30. The number of thiazole rings is 1. The van der Waals surface area contributed by atoms with Gasteiger partial charge in [-0.3, -0.25) is 4.79 Å². The van der Waals surface area contributed by atoms with Crippen molar-refractivity contribution in [3.8, 4) is 11.3 Å². The first-order chi connectivity index (χ1) is 12.7. The Labute approximate surface area is 164 Å². The van der Waals surface area contributed by atoms with Crippen LogP contribution in [-0.4, -0.2) is 33.9 Å². The van der Waals surface area contributed by atoms with Gasteiger partial charge in [0.15, 0.2) is 9.47 Å². The van der Waals surface area contributed by atoms with Gasteiger partial charge in [0, 0.05) is 18.0 Å². The normalized spacial score (nSPS) is 10.7. The molecule has 0 fully saturated rings. The predicted octanol–water partition coefficient (Wildman–Crippen LogP) is 4.39. The number of anilines is 2. The first-order valence-electron chi connectivity index (χ1n) is 8.16. The summed E-state index contributed by atoms with van der Waals surface area (Å²) < 4.78 is 0.761. The minimum Gasteiger partial charge on any atom is -0.363 e. The predicted molar refractivity (Wildman–Crippen MR) is 110 cm³/mol. The molecule has 0 spiro atoms. The highest BCUT2D eigenvalue weighted by Crippen LogP contribution is 2.27. The van der Waals surface area contributed by atoms with Gasteiger partial charge >= 0.3 is 0 Å². The zero-order valence-electron chi connectivity index (χ0n) is 14.5. The summed E-state index contributed by atoms with van der Waals surface area (Å²) in [7, 11) is 1.79. The molecule has 9 heteroatoms. The molecule has 0 saturated heterocycles. The first-order valence-corrected chi connectivity index (χ1v) is 10.8. The van der Waals surface area contributed by atoms with E-state index in [9.17, 15) is 4.79 Å². The molecular weight excluding hydrogens is 386 g/mol. The van der Waals surface area contributed by atoms with Gasteiger partial charge in [-0.25, -0.2) is 4.98 Å². The van der Waals surface area contributed by atoms with Crippen LogP contribution in [-0.2, 0) is 11.2 Å². The van der Waals surface area contributed by atoms with E-state index in [2.05, 4.69) is 57.0 Å². The summed E-state index contributed by atoms with van der Waals surface area (Å²) in [5.74, 6) is 0.175. The van der Waals surface area contributed by atoms with Crippen molar-refractivity contribution in [2.75, 3.05) is 23.4 Å². The number of aromatic nitrogens is 3. The van der Waals surface area contributed by atoms with E-state index in [4.69, 9.17) is 0 Å². The molecule has 3 aromatic rings. The van der Waals surface area contributed by atoms with Crippen molar-refractivity contribution in [2.24, 2.45) is 0 Å². The summed E-state index contributed by atoms with van der Waals surface area (Å²) >= 11 is 4.22. The molecule has 2 aromatic heterocycles. The van der Waals surface area contributed by atoms with E-state index in [1.54, 1.807) is 7.05 Å². The van der Waals surface area contributed by atoms with Gasteiger partial charge in [0.05, 0.1) is 11.4 Å². The Bertz CT molecular complexity index is 859. The maximum Gasteiger partial charge on any atom is 0.236 e. The second-order valence-corrected chi connectivity index (χ2v) is 8.50. The van der Waals surface area contributed by atoms with Crippen molar-refractivity contribution >= 4 is 50.6 Å². The van der Waals surface area contributed by atoms with Crippen molar-refractivity contribution in [2.45, 2.75) is 24.1 Å². The maximum atomic E-state index is 12.1. The summed E-state index contributed by atoms with van der Waals surface area (Å²) in [6.07, 6.45) is 2.22. The third-order valence-corrected chi connectivity index (χ3v) is 6.32. The summed E-state index contributed by atoms with van der Waals surface area (Å²) in [6, 6.07) is 8.43. The van der Waals surface area contributed by atoms with E-state index < -0.39 is 0 Å². The van der Waals surface area contributed by atoms with Gasteiger partial charge in [-0.2, -0.15) is 0 Å². The molecule has 0 atom stereocenters. The highest BCUT2D eigenvalue weighted by atomic mass is 32.2. The Morgan fingerprint density at radius 1 is 1.19 bits per heavy atom.